The van der Waals surface area contributed by atoms with Crippen molar-refractivity contribution in [2.75, 3.05) is 13.2 Å². The third-order valence-electron chi connectivity index (χ3n) is 3.73. The van der Waals surface area contributed by atoms with Gasteiger partial charge in [0.15, 0.2) is 11.4 Å². The molecule has 3 aromatic rings. The first-order valence-electron chi connectivity index (χ1n) is 7.98. The van der Waals surface area contributed by atoms with E-state index in [1.165, 1.54) is 0 Å². The number of pyridine rings is 2. The SMILES string of the molecule is CCOc1cccn2c(C(=O)NCCc3cccnc3)c(C)nc12. The number of amides is 1. The fraction of sp³-hybridized carbons (Fsp3) is 0.278. The molecule has 0 unspecified atom stereocenters. The van der Waals surface area contributed by atoms with Gasteiger partial charge in [-0.1, -0.05) is 6.07 Å². The summed E-state index contributed by atoms with van der Waals surface area (Å²) in [6.45, 7) is 4.85. The van der Waals surface area contributed by atoms with Gasteiger partial charge < -0.3 is 10.1 Å². The summed E-state index contributed by atoms with van der Waals surface area (Å²) in [6.07, 6.45) is 6.10. The lowest BCUT2D eigenvalue weighted by Gasteiger charge is -2.07. The molecule has 0 spiro atoms. The maximum Gasteiger partial charge on any atom is 0.270 e. The second-order valence-corrected chi connectivity index (χ2v) is 5.41. The molecule has 24 heavy (non-hydrogen) atoms. The van der Waals surface area contributed by atoms with Crippen LogP contribution in [0, 0.1) is 6.92 Å². The summed E-state index contributed by atoms with van der Waals surface area (Å²) >= 11 is 0. The number of fused-ring (bicyclic) bond motifs is 1. The van der Waals surface area contributed by atoms with Crippen LogP contribution in [0.1, 0.15) is 28.7 Å². The highest BCUT2D eigenvalue weighted by atomic mass is 16.5. The molecule has 3 heterocycles. The fourth-order valence-corrected chi connectivity index (χ4v) is 2.65. The third kappa shape index (κ3) is 3.22. The van der Waals surface area contributed by atoms with E-state index in [1.54, 1.807) is 16.8 Å². The van der Waals surface area contributed by atoms with Gasteiger partial charge in [0.2, 0.25) is 0 Å². The molecule has 124 valence electrons. The van der Waals surface area contributed by atoms with E-state index in [0.717, 1.165) is 12.0 Å². The fourth-order valence-electron chi connectivity index (χ4n) is 2.65. The summed E-state index contributed by atoms with van der Waals surface area (Å²) < 4.78 is 7.36. The lowest BCUT2D eigenvalue weighted by Crippen LogP contribution is -2.27. The standard InChI is InChI=1S/C18H20N4O2/c1-3-24-15-7-5-11-22-16(13(2)21-17(15)22)18(23)20-10-8-14-6-4-9-19-12-14/h4-7,9,11-12H,3,8,10H2,1-2H3,(H,20,23). The molecule has 0 radical (unpaired) electrons. The van der Waals surface area contributed by atoms with Crippen molar-refractivity contribution in [1.82, 2.24) is 19.7 Å². The Hall–Kier alpha value is -2.89. The largest absolute Gasteiger partial charge is 0.490 e. The van der Waals surface area contributed by atoms with Gasteiger partial charge in [0.1, 0.15) is 5.69 Å². The molecule has 0 fully saturated rings. The van der Waals surface area contributed by atoms with E-state index >= 15 is 0 Å². The summed E-state index contributed by atoms with van der Waals surface area (Å²) in [6, 6.07) is 7.59. The number of carbonyl (C=O) groups excluding carboxylic acids is 1. The Morgan fingerprint density at radius 1 is 1.33 bits per heavy atom. The monoisotopic (exact) mass is 324 g/mol. The zero-order chi connectivity index (χ0) is 16.9. The summed E-state index contributed by atoms with van der Waals surface area (Å²) in [5.41, 5.74) is 2.97. The van der Waals surface area contributed by atoms with Crippen LogP contribution in [0.5, 0.6) is 5.75 Å². The highest BCUT2D eigenvalue weighted by Gasteiger charge is 2.18. The number of aryl methyl sites for hydroxylation is 1. The van der Waals surface area contributed by atoms with E-state index in [4.69, 9.17) is 4.74 Å². The van der Waals surface area contributed by atoms with E-state index in [1.807, 2.05) is 44.3 Å². The second kappa shape index (κ2) is 7.12. The number of nitrogens with zero attached hydrogens (tertiary/aromatic N) is 3. The molecule has 0 saturated carbocycles. The first-order chi connectivity index (χ1) is 11.7. The Labute approximate surface area is 140 Å². The Bertz CT molecular complexity index is 843. The maximum atomic E-state index is 12.6. The first kappa shape index (κ1) is 16.0. The molecule has 6 nitrogen and oxygen atoms in total. The highest BCUT2D eigenvalue weighted by molar-refractivity contribution is 5.95. The van der Waals surface area contributed by atoms with Crippen LogP contribution in [0.15, 0.2) is 42.9 Å². The number of imidazole rings is 1. The predicted octanol–water partition coefficient (Wildman–Crippen LogP) is 2.41. The van der Waals surface area contributed by atoms with Crippen molar-refractivity contribution in [2.24, 2.45) is 0 Å². The Balaban J connectivity index is 1.77. The lowest BCUT2D eigenvalue weighted by atomic mass is 10.2. The van der Waals surface area contributed by atoms with Crippen LogP contribution in [0.4, 0.5) is 0 Å². The predicted molar refractivity (Wildman–Crippen MR) is 91.4 cm³/mol. The Morgan fingerprint density at radius 3 is 2.96 bits per heavy atom. The molecular formula is C18H20N4O2. The first-order valence-corrected chi connectivity index (χ1v) is 7.98. The average molecular weight is 324 g/mol. The Morgan fingerprint density at radius 2 is 2.21 bits per heavy atom. The lowest BCUT2D eigenvalue weighted by molar-refractivity contribution is 0.0947. The van der Waals surface area contributed by atoms with Crippen LogP contribution < -0.4 is 10.1 Å². The molecule has 0 aliphatic carbocycles. The van der Waals surface area contributed by atoms with Gasteiger partial charge in [-0.2, -0.15) is 0 Å². The summed E-state index contributed by atoms with van der Waals surface area (Å²) in [5.74, 6) is 0.537. The van der Waals surface area contributed by atoms with Gasteiger partial charge in [0.25, 0.3) is 5.91 Å². The number of ether oxygens (including phenoxy) is 1. The molecular weight excluding hydrogens is 304 g/mol. The van der Waals surface area contributed by atoms with Crippen LogP contribution in [0.3, 0.4) is 0 Å². The van der Waals surface area contributed by atoms with E-state index in [2.05, 4.69) is 15.3 Å². The molecule has 6 heteroatoms. The summed E-state index contributed by atoms with van der Waals surface area (Å²) in [5, 5.41) is 2.95. The molecule has 3 aromatic heterocycles. The van der Waals surface area contributed by atoms with Crippen LogP contribution in [0.2, 0.25) is 0 Å². The molecule has 0 atom stereocenters. The average Bonchev–Trinajstić information content (AvgIpc) is 2.93. The number of hydrogen-bond donors (Lipinski definition) is 1. The van der Waals surface area contributed by atoms with Crippen molar-refractivity contribution in [3.05, 3.63) is 59.8 Å². The van der Waals surface area contributed by atoms with Gasteiger partial charge in [-0.05, 0) is 44.0 Å². The second-order valence-electron chi connectivity index (χ2n) is 5.41. The van der Waals surface area contributed by atoms with Gasteiger partial charge in [-0.25, -0.2) is 4.98 Å². The maximum absolute atomic E-state index is 12.6. The number of rotatable bonds is 6. The smallest absolute Gasteiger partial charge is 0.270 e. The minimum Gasteiger partial charge on any atom is -0.490 e. The highest BCUT2D eigenvalue weighted by Crippen LogP contribution is 2.21. The van der Waals surface area contributed by atoms with Crippen LogP contribution in [-0.4, -0.2) is 33.4 Å². The molecule has 0 bridgehead atoms. The summed E-state index contributed by atoms with van der Waals surface area (Å²) in [4.78, 5) is 21.1. The molecule has 0 saturated heterocycles. The van der Waals surface area contributed by atoms with Crippen LogP contribution in [-0.2, 0) is 6.42 Å². The molecule has 0 aliphatic rings. The normalized spacial score (nSPS) is 10.8. The third-order valence-corrected chi connectivity index (χ3v) is 3.73. The molecule has 1 N–H and O–H groups in total. The van der Waals surface area contributed by atoms with Crippen molar-refractivity contribution in [3.8, 4) is 5.75 Å². The number of nitrogens with one attached hydrogen (secondary N) is 1. The van der Waals surface area contributed by atoms with Crippen LogP contribution >= 0.6 is 0 Å². The van der Waals surface area contributed by atoms with Gasteiger partial charge >= 0.3 is 0 Å². The quantitative estimate of drug-likeness (QED) is 0.756. The van der Waals surface area contributed by atoms with Gasteiger partial charge in [0.05, 0.1) is 12.3 Å². The van der Waals surface area contributed by atoms with Crippen molar-refractivity contribution in [1.29, 1.82) is 0 Å². The molecule has 0 aliphatic heterocycles. The van der Waals surface area contributed by atoms with Crippen molar-refractivity contribution < 1.29 is 9.53 Å². The zero-order valence-corrected chi connectivity index (χ0v) is 13.8. The number of carbonyl (C=O) groups is 1. The number of aromatic nitrogens is 3. The van der Waals surface area contributed by atoms with Crippen molar-refractivity contribution in [3.63, 3.8) is 0 Å². The molecule has 1 amide bonds. The van der Waals surface area contributed by atoms with Gasteiger partial charge in [-0.3, -0.25) is 14.2 Å². The zero-order valence-electron chi connectivity index (χ0n) is 13.8. The van der Waals surface area contributed by atoms with E-state index in [-0.39, 0.29) is 5.91 Å². The van der Waals surface area contributed by atoms with E-state index < -0.39 is 0 Å². The van der Waals surface area contributed by atoms with Crippen molar-refractivity contribution in [2.45, 2.75) is 20.3 Å². The van der Waals surface area contributed by atoms with Crippen LogP contribution in [0.25, 0.3) is 5.65 Å². The topological polar surface area (TPSA) is 68.5 Å². The minimum atomic E-state index is -0.141. The van der Waals surface area contributed by atoms with Gasteiger partial charge in [0, 0.05) is 25.1 Å². The van der Waals surface area contributed by atoms with E-state index in [9.17, 15) is 4.79 Å². The molecule has 0 aromatic carbocycles. The number of hydrogen-bond acceptors (Lipinski definition) is 4. The van der Waals surface area contributed by atoms with Gasteiger partial charge in [-0.15, -0.1) is 0 Å². The molecule has 3 rings (SSSR count). The van der Waals surface area contributed by atoms with Crippen molar-refractivity contribution >= 4 is 11.6 Å². The van der Waals surface area contributed by atoms with E-state index in [0.29, 0.717) is 35.9 Å². The minimum absolute atomic E-state index is 0.141. The summed E-state index contributed by atoms with van der Waals surface area (Å²) in [7, 11) is 0. The Kier molecular flexibility index (Phi) is 4.74.